The number of nitrogens with two attached hydrogens (primary N) is 1. The summed E-state index contributed by atoms with van der Waals surface area (Å²) in [4.78, 5) is 12.7. The number of carbonyl (C=O) groups is 1. The standard InChI is InChI=1S/C15H23N5O/c1-10-7-8-12(18-17-10)20-14(21)11(6-5-9-16)13(19-20)15(2,3)4/h7-8,11H,5-6,9,16H2,1-4H3. The third-order valence-corrected chi connectivity index (χ3v) is 3.51. The highest BCUT2D eigenvalue weighted by molar-refractivity contribution is 6.16. The number of amides is 1. The smallest absolute Gasteiger partial charge is 0.257 e. The molecular weight excluding hydrogens is 266 g/mol. The molecule has 1 aromatic rings. The zero-order valence-electron chi connectivity index (χ0n) is 13.1. The van der Waals surface area contributed by atoms with E-state index in [4.69, 9.17) is 5.73 Å². The van der Waals surface area contributed by atoms with Crippen molar-refractivity contribution in [3.05, 3.63) is 17.8 Å². The van der Waals surface area contributed by atoms with Gasteiger partial charge in [0.25, 0.3) is 5.91 Å². The van der Waals surface area contributed by atoms with Gasteiger partial charge in [0, 0.05) is 5.41 Å². The molecule has 0 aliphatic carbocycles. The van der Waals surface area contributed by atoms with Gasteiger partial charge in [-0.2, -0.15) is 15.2 Å². The molecule has 1 aliphatic heterocycles. The Bertz CT molecular complexity index is 544. The van der Waals surface area contributed by atoms with Gasteiger partial charge in [0.1, 0.15) is 0 Å². The molecule has 0 spiro atoms. The Kier molecular flexibility index (Phi) is 4.37. The summed E-state index contributed by atoms with van der Waals surface area (Å²) in [7, 11) is 0. The van der Waals surface area contributed by atoms with Crippen molar-refractivity contribution in [3.8, 4) is 0 Å². The molecule has 1 unspecified atom stereocenters. The molecule has 2 heterocycles. The number of carbonyl (C=O) groups excluding carboxylic acids is 1. The van der Waals surface area contributed by atoms with Crippen molar-refractivity contribution in [2.24, 2.45) is 22.2 Å². The van der Waals surface area contributed by atoms with Crippen LogP contribution in [0.15, 0.2) is 17.2 Å². The summed E-state index contributed by atoms with van der Waals surface area (Å²) < 4.78 is 0. The van der Waals surface area contributed by atoms with Crippen LogP contribution in [0.5, 0.6) is 0 Å². The lowest BCUT2D eigenvalue weighted by Crippen LogP contribution is -2.32. The molecule has 2 rings (SSSR count). The maximum Gasteiger partial charge on any atom is 0.257 e. The zero-order chi connectivity index (χ0) is 15.6. The Balaban J connectivity index is 2.33. The van der Waals surface area contributed by atoms with Crippen LogP contribution in [0.4, 0.5) is 5.82 Å². The van der Waals surface area contributed by atoms with Crippen LogP contribution in [0.25, 0.3) is 0 Å². The second-order valence-electron chi connectivity index (χ2n) is 6.40. The van der Waals surface area contributed by atoms with Crippen LogP contribution in [0.1, 0.15) is 39.3 Å². The molecule has 0 aromatic carbocycles. The normalized spacial score (nSPS) is 19.1. The highest BCUT2D eigenvalue weighted by atomic mass is 16.2. The van der Waals surface area contributed by atoms with Gasteiger partial charge in [-0.1, -0.05) is 20.8 Å². The minimum Gasteiger partial charge on any atom is -0.330 e. The fourth-order valence-corrected chi connectivity index (χ4v) is 2.42. The van der Waals surface area contributed by atoms with Crippen molar-refractivity contribution in [1.82, 2.24) is 10.2 Å². The molecule has 6 heteroatoms. The van der Waals surface area contributed by atoms with Crippen molar-refractivity contribution in [1.29, 1.82) is 0 Å². The quantitative estimate of drug-likeness (QED) is 0.917. The van der Waals surface area contributed by atoms with Crippen molar-refractivity contribution < 1.29 is 4.79 Å². The Labute approximate surface area is 125 Å². The number of hydrogen-bond acceptors (Lipinski definition) is 5. The number of nitrogens with zero attached hydrogens (tertiary/aromatic N) is 4. The third-order valence-electron chi connectivity index (χ3n) is 3.51. The van der Waals surface area contributed by atoms with Gasteiger partial charge < -0.3 is 5.73 Å². The first-order chi connectivity index (χ1) is 9.84. The van der Waals surface area contributed by atoms with Gasteiger partial charge in [-0.05, 0) is 38.4 Å². The summed E-state index contributed by atoms with van der Waals surface area (Å²) in [6.07, 6.45) is 1.53. The van der Waals surface area contributed by atoms with E-state index < -0.39 is 0 Å². The molecule has 114 valence electrons. The molecule has 0 bridgehead atoms. The highest BCUT2D eigenvalue weighted by Crippen LogP contribution is 2.33. The minimum absolute atomic E-state index is 0.0356. The van der Waals surface area contributed by atoms with Gasteiger partial charge in [-0.15, -0.1) is 5.10 Å². The fourth-order valence-electron chi connectivity index (χ4n) is 2.42. The van der Waals surface area contributed by atoms with E-state index in [9.17, 15) is 4.79 Å². The second kappa shape index (κ2) is 5.89. The summed E-state index contributed by atoms with van der Waals surface area (Å²) in [5, 5.41) is 14.0. The number of hydrazone groups is 1. The van der Waals surface area contributed by atoms with Crippen LogP contribution in [-0.2, 0) is 4.79 Å². The lowest BCUT2D eigenvalue weighted by Gasteiger charge is -2.22. The molecule has 1 aromatic heterocycles. The SMILES string of the molecule is Cc1ccc(N2N=C(C(C)(C)C)C(CCCN)C2=O)nn1. The van der Waals surface area contributed by atoms with E-state index in [1.165, 1.54) is 5.01 Å². The van der Waals surface area contributed by atoms with E-state index in [1.807, 2.05) is 13.0 Å². The molecule has 1 amide bonds. The van der Waals surface area contributed by atoms with Gasteiger partial charge >= 0.3 is 0 Å². The molecule has 1 aliphatic rings. The van der Waals surface area contributed by atoms with Crippen LogP contribution >= 0.6 is 0 Å². The second-order valence-corrected chi connectivity index (χ2v) is 6.40. The maximum absolute atomic E-state index is 12.7. The molecule has 0 fully saturated rings. The molecular formula is C15H23N5O. The lowest BCUT2D eigenvalue weighted by molar-refractivity contribution is -0.120. The summed E-state index contributed by atoms with van der Waals surface area (Å²) in [6.45, 7) is 8.64. The number of aromatic nitrogens is 2. The van der Waals surface area contributed by atoms with Crippen LogP contribution in [0.2, 0.25) is 0 Å². The Morgan fingerprint density at radius 1 is 1.29 bits per heavy atom. The predicted molar refractivity (Wildman–Crippen MR) is 82.9 cm³/mol. The molecule has 0 radical (unpaired) electrons. The third kappa shape index (κ3) is 3.26. The fraction of sp³-hybridized carbons (Fsp3) is 0.600. The van der Waals surface area contributed by atoms with Crippen molar-refractivity contribution in [3.63, 3.8) is 0 Å². The highest BCUT2D eigenvalue weighted by Gasteiger charge is 2.41. The average molecular weight is 289 g/mol. The number of anilines is 1. The van der Waals surface area contributed by atoms with E-state index in [-0.39, 0.29) is 17.2 Å². The average Bonchev–Trinajstić information content (AvgIpc) is 2.74. The molecule has 0 saturated heterocycles. The van der Waals surface area contributed by atoms with Gasteiger partial charge in [0.05, 0.1) is 17.3 Å². The van der Waals surface area contributed by atoms with Gasteiger partial charge in [0.2, 0.25) is 0 Å². The molecule has 21 heavy (non-hydrogen) atoms. The van der Waals surface area contributed by atoms with Gasteiger partial charge in [-0.25, -0.2) is 0 Å². The minimum atomic E-state index is -0.211. The summed E-state index contributed by atoms with van der Waals surface area (Å²) in [6, 6.07) is 3.60. The zero-order valence-corrected chi connectivity index (χ0v) is 13.1. The number of hydrogen-bond donors (Lipinski definition) is 1. The van der Waals surface area contributed by atoms with E-state index in [0.717, 1.165) is 24.2 Å². The first kappa shape index (κ1) is 15.6. The van der Waals surface area contributed by atoms with Gasteiger partial charge in [0.15, 0.2) is 5.82 Å². The summed E-state index contributed by atoms with van der Waals surface area (Å²) in [5.41, 5.74) is 7.12. The maximum atomic E-state index is 12.7. The Morgan fingerprint density at radius 2 is 2.00 bits per heavy atom. The lowest BCUT2D eigenvalue weighted by atomic mass is 9.80. The predicted octanol–water partition coefficient (Wildman–Crippen LogP) is 1.89. The molecule has 6 nitrogen and oxygen atoms in total. The van der Waals surface area contributed by atoms with Crippen molar-refractivity contribution in [2.45, 2.75) is 40.5 Å². The van der Waals surface area contributed by atoms with Crippen LogP contribution < -0.4 is 10.7 Å². The Hall–Kier alpha value is -1.82. The molecule has 0 saturated carbocycles. The van der Waals surface area contributed by atoms with Gasteiger partial charge in [-0.3, -0.25) is 4.79 Å². The van der Waals surface area contributed by atoms with Crippen molar-refractivity contribution in [2.75, 3.05) is 11.6 Å². The largest absolute Gasteiger partial charge is 0.330 e. The molecule has 1 atom stereocenters. The first-order valence-corrected chi connectivity index (χ1v) is 7.28. The molecule has 2 N–H and O–H groups in total. The van der Waals surface area contributed by atoms with Crippen LogP contribution in [0.3, 0.4) is 0 Å². The summed E-state index contributed by atoms with van der Waals surface area (Å²) >= 11 is 0. The summed E-state index contributed by atoms with van der Waals surface area (Å²) in [5.74, 6) is 0.228. The van der Waals surface area contributed by atoms with Crippen LogP contribution in [-0.4, -0.2) is 28.4 Å². The topological polar surface area (TPSA) is 84.5 Å². The monoisotopic (exact) mass is 289 g/mol. The first-order valence-electron chi connectivity index (χ1n) is 7.28. The Morgan fingerprint density at radius 3 is 2.52 bits per heavy atom. The van der Waals surface area contributed by atoms with E-state index in [2.05, 4.69) is 36.1 Å². The number of rotatable bonds is 4. The van der Waals surface area contributed by atoms with E-state index in [0.29, 0.717) is 12.4 Å². The van der Waals surface area contributed by atoms with E-state index >= 15 is 0 Å². The van der Waals surface area contributed by atoms with E-state index in [1.54, 1.807) is 6.07 Å². The van der Waals surface area contributed by atoms with Crippen molar-refractivity contribution >= 4 is 17.4 Å². The number of aryl methyl sites for hydroxylation is 1. The van der Waals surface area contributed by atoms with Crippen LogP contribution in [0, 0.1) is 18.3 Å².